The van der Waals surface area contributed by atoms with Crippen LogP contribution in [0.5, 0.6) is 0 Å². The van der Waals surface area contributed by atoms with Gasteiger partial charge in [-0.1, -0.05) is 12.8 Å². The van der Waals surface area contributed by atoms with Crippen LogP contribution in [0.4, 0.5) is 23.1 Å². The Bertz CT molecular complexity index is 1100. The van der Waals surface area contributed by atoms with E-state index in [0.717, 1.165) is 69.3 Å². The number of anilines is 4. The van der Waals surface area contributed by atoms with Crippen LogP contribution in [-0.4, -0.2) is 85.2 Å². The van der Waals surface area contributed by atoms with Gasteiger partial charge in [0.1, 0.15) is 11.7 Å². The lowest BCUT2D eigenvalue weighted by molar-refractivity contribution is -0.119. The van der Waals surface area contributed by atoms with Gasteiger partial charge in [-0.25, -0.2) is 4.98 Å². The van der Waals surface area contributed by atoms with Gasteiger partial charge in [0.05, 0.1) is 19.4 Å². The van der Waals surface area contributed by atoms with Crippen LogP contribution in [0.1, 0.15) is 49.4 Å². The van der Waals surface area contributed by atoms with Gasteiger partial charge in [0.25, 0.3) is 5.91 Å². The molecule has 0 radical (unpaired) electrons. The second kappa shape index (κ2) is 11.4. The molecule has 1 saturated heterocycles. The van der Waals surface area contributed by atoms with Crippen molar-refractivity contribution >= 4 is 35.0 Å². The van der Waals surface area contributed by atoms with Gasteiger partial charge in [-0.2, -0.15) is 4.98 Å². The van der Waals surface area contributed by atoms with Gasteiger partial charge >= 0.3 is 0 Å². The van der Waals surface area contributed by atoms with Gasteiger partial charge in [0, 0.05) is 44.0 Å². The fourth-order valence-corrected chi connectivity index (χ4v) is 5.49. The van der Waals surface area contributed by atoms with Crippen LogP contribution in [-0.2, 0) is 9.53 Å². The van der Waals surface area contributed by atoms with Crippen LogP contribution in [0.25, 0.3) is 0 Å². The number of nitrogens with zero attached hydrogens (tertiary/aromatic N) is 5. The quantitative estimate of drug-likeness (QED) is 0.526. The van der Waals surface area contributed by atoms with Crippen molar-refractivity contribution in [2.75, 3.05) is 61.6 Å². The van der Waals surface area contributed by atoms with Crippen LogP contribution in [0.15, 0.2) is 30.5 Å². The fraction of sp³-hybridized carbons (Fsp3) is 0.556. The highest BCUT2D eigenvalue weighted by molar-refractivity contribution is 6.04. The first-order valence-electron chi connectivity index (χ1n) is 13.4. The Kier molecular flexibility index (Phi) is 7.85. The maximum absolute atomic E-state index is 12.8. The van der Waals surface area contributed by atoms with E-state index in [-0.39, 0.29) is 17.9 Å². The van der Waals surface area contributed by atoms with Crippen molar-refractivity contribution in [3.05, 3.63) is 36.0 Å². The molecule has 1 atom stereocenters. The second-order valence-corrected chi connectivity index (χ2v) is 10.1. The largest absolute Gasteiger partial charge is 0.379 e. The molecule has 198 valence electrons. The molecule has 2 amide bonds. The summed E-state index contributed by atoms with van der Waals surface area (Å²) in [5, 5.41) is 6.27. The molecule has 0 bridgehead atoms. The number of morpholine rings is 1. The third kappa shape index (κ3) is 5.70. The SMILES string of the molecule is C[C@@H]1C(=O)N(C)c2cnc(Nc3ccc(C(=O)NCCCN4CCOCC4)cc3)nc2N1C1CCCC1. The molecule has 3 aliphatic rings. The number of fused-ring (bicyclic) bond motifs is 1. The maximum Gasteiger partial charge on any atom is 0.251 e. The average Bonchev–Trinajstić information content (AvgIpc) is 3.45. The van der Waals surface area contributed by atoms with Crippen molar-refractivity contribution in [3.63, 3.8) is 0 Å². The number of benzene rings is 1. The minimum Gasteiger partial charge on any atom is -0.379 e. The van der Waals surface area contributed by atoms with Gasteiger partial charge in [-0.3, -0.25) is 14.5 Å². The lowest BCUT2D eigenvalue weighted by Gasteiger charge is -2.42. The Morgan fingerprint density at radius 2 is 1.86 bits per heavy atom. The minimum atomic E-state index is -0.255. The summed E-state index contributed by atoms with van der Waals surface area (Å²) in [7, 11) is 1.78. The topological polar surface area (TPSA) is 103 Å². The molecule has 10 nitrogen and oxygen atoms in total. The van der Waals surface area contributed by atoms with Crippen molar-refractivity contribution in [3.8, 4) is 0 Å². The predicted octanol–water partition coefficient (Wildman–Crippen LogP) is 2.79. The molecular formula is C27H37N7O3. The lowest BCUT2D eigenvalue weighted by Crippen LogP contribution is -2.54. The number of ether oxygens (including phenoxy) is 1. The molecule has 2 N–H and O–H groups in total. The van der Waals surface area contributed by atoms with E-state index in [1.54, 1.807) is 30.3 Å². The van der Waals surface area contributed by atoms with Crippen molar-refractivity contribution in [1.29, 1.82) is 0 Å². The molecule has 1 saturated carbocycles. The summed E-state index contributed by atoms with van der Waals surface area (Å²) >= 11 is 0. The summed E-state index contributed by atoms with van der Waals surface area (Å²) in [5.74, 6) is 1.26. The van der Waals surface area contributed by atoms with E-state index >= 15 is 0 Å². The zero-order chi connectivity index (χ0) is 25.8. The average molecular weight is 508 g/mol. The zero-order valence-electron chi connectivity index (χ0n) is 21.8. The van der Waals surface area contributed by atoms with Gasteiger partial charge in [0.2, 0.25) is 11.9 Å². The molecule has 2 fully saturated rings. The number of likely N-dealkylation sites (N-methyl/N-ethyl adjacent to an activating group) is 1. The van der Waals surface area contributed by atoms with E-state index in [4.69, 9.17) is 9.72 Å². The minimum absolute atomic E-state index is 0.0682. The first-order chi connectivity index (χ1) is 18.0. The molecule has 1 aliphatic carbocycles. The maximum atomic E-state index is 12.8. The van der Waals surface area contributed by atoms with Crippen molar-refractivity contribution in [1.82, 2.24) is 20.2 Å². The third-order valence-corrected chi connectivity index (χ3v) is 7.62. The normalized spacial score (nSPS) is 20.7. The van der Waals surface area contributed by atoms with Crippen LogP contribution in [0.3, 0.4) is 0 Å². The summed E-state index contributed by atoms with van der Waals surface area (Å²) in [5.41, 5.74) is 2.15. The van der Waals surface area contributed by atoms with Gasteiger partial charge < -0.3 is 25.2 Å². The highest BCUT2D eigenvalue weighted by atomic mass is 16.5. The highest BCUT2D eigenvalue weighted by Crippen LogP contribution is 2.39. The van der Waals surface area contributed by atoms with Crippen LogP contribution >= 0.6 is 0 Å². The van der Waals surface area contributed by atoms with Gasteiger partial charge in [-0.05, 0) is 57.0 Å². The molecule has 10 heteroatoms. The molecule has 2 aliphatic heterocycles. The molecule has 5 rings (SSSR count). The number of nitrogens with one attached hydrogen (secondary N) is 2. The van der Waals surface area contributed by atoms with Crippen molar-refractivity contribution < 1.29 is 14.3 Å². The third-order valence-electron chi connectivity index (χ3n) is 7.62. The van der Waals surface area contributed by atoms with E-state index in [1.165, 1.54) is 12.8 Å². The number of aromatic nitrogens is 2. The number of carbonyl (C=O) groups excluding carboxylic acids is 2. The Morgan fingerprint density at radius 3 is 2.59 bits per heavy atom. The number of hydrogen-bond acceptors (Lipinski definition) is 8. The number of carbonyl (C=O) groups is 2. The van der Waals surface area contributed by atoms with Crippen molar-refractivity contribution in [2.24, 2.45) is 0 Å². The Morgan fingerprint density at radius 1 is 1.14 bits per heavy atom. The Labute approximate surface area is 218 Å². The lowest BCUT2D eigenvalue weighted by atomic mass is 10.1. The van der Waals surface area contributed by atoms with E-state index in [1.807, 2.05) is 19.1 Å². The molecule has 1 aromatic carbocycles. The van der Waals surface area contributed by atoms with E-state index in [9.17, 15) is 9.59 Å². The standard InChI is InChI=1S/C27H37N7O3/c1-19-26(36)32(2)23-18-29-27(31-24(23)34(19)22-6-3-4-7-22)30-21-10-8-20(9-11-21)25(35)28-12-5-13-33-14-16-37-17-15-33/h8-11,18-19,22H,3-7,12-17H2,1-2H3,(H,28,35)(H,29,30,31)/t19-/m1/s1. The summed E-state index contributed by atoms with van der Waals surface area (Å²) < 4.78 is 5.37. The molecule has 0 spiro atoms. The summed E-state index contributed by atoms with van der Waals surface area (Å²) in [6, 6.07) is 7.39. The summed E-state index contributed by atoms with van der Waals surface area (Å²) in [4.78, 5) is 40.9. The zero-order valence-corrected chi connectivity index (χ0v) is 21.8. The highest BCUT2D eigenvalue weighted by Gasteiger charge is 2.39. The molecule has 37 heavy (non-hydrogen) atoms. The molecule has 2 aromatic rings. The molecule has 0 unspecified atom stereocenters. The van der Waals surface area contributed by atoms with Crippen LogP contribution in [0.2, 0.25) is 0 Å². The van der Waals surface area contributed by atoms with E-state index in [2.05, 4.69) is 25.4 Å². The summed E-state index contributed by atoms with van der Waals surface area (Å²) in [6.07, 6.45) is 7.14. The smallest absolute Gasteiger partial charge is 0.251 e. The second-order valence-electron chi connectivity index (χ2n) is 10.1. The molecule has 1 aromatic heterocycles. The molecule has 3 heterocycles. The molecular weight excluding hydrogens is 470 g/mol. The predicted molar refractivity (Wildman–Crippen MR) is 144 cm³/mol. The first-order valence-corrected chi connectivity index (χ1v) is 13.4. The van der Waals surface area contributed by atoms with E-state index < -0.39 is 0 Å². The number of hydrogen-bond donors (Lipinski definition) is 2. The fourth-order valence-electron chi connectivity index (χ4n) is 5.49. The number of amides is 2. The number of rotatable bonds is 8. The van der Waals surface area contributed by atoms with Crippen molar-refractivity contribution in [2.45, 2.75) is 51.1 Å². The Hall–Kier alpha value is -3.24. The Balaban J connectivity index is 1.20. The van der Waals surface area contributed by atoms with Gasteiger partial charge in [-0.15, -0.1) is 0 Å². The summed E-state index contributed by atoms with van der Waals surface area (Å²) in [6.45, 7) is 7.07. The van der Waals surface area contributed by atoms with Gasteiger partial charge in [0.15, 0.2) is 5.82 Å². The first kappa shape index (κ1) is 25.4. The monoisotopic (exact) mass is 507 g/mol. The van der Waals surface area contributed by atoms with Crippen LogP contribution in [0, 0.1) is 0 Å². The van der Waals surface area contributed by atoms with Crippen LogP contribution < -0.4 is 20.4 Å². The van der Waals surface area contributed by atoms with E-state index in [0.29, 0.717) is 24.1 Å².